The van der Waals surface area contributed by atoms with Crippen molar-refractivity contribution in [3.8, 4) is 0 Å². The molecule has 2 atom stereocenters. The molecule has 0 spiro atoms. The quantitative estimate of drug-likeness (QED) is 0.782. The van der Waals surface area contributed by atoms with Gasteiger partial charge in [-0.1, -0.05) is 52.0 Å². The number of carbonyl (C=O) groups is 2. The molecule has 1 aromatic carbocycles. The van der Waals surface area contributed by atoms with Crippen molar-refractivity contribution in [2.75, 3.05) is 19.6 Å². The molecule has 5 heteroatoms. The Morgan fingerprint density at radius 3 is 2.19 bits per heavy atom. The highest BCUT2D eigenvalue weighted by molar-refractivity contribution is 5.79. The zero-order valence-corrected chi connectivity index (χ0v) is 16.6. The van der Waals surface area contributed by atoms with E-state index < -0.39 is 11.4 Å². The first-order chi connectivity index (χ1) is 12.1. The molecule has 1 amide bonds. The van der Waals surface area contributed by atoms with Crippen LogP contribution in [0.4, 0.5) is 0 Å². The van der Waals surface area contributed by atoms with Crippen LogP contribution in [-0.2, 0) is 9.59 Å². The summed E-state index contributed by atoms with van der Waals surface area (Å²) in [6.45, 7) is 11.6. The third-order valence-corrected chi connectivity index (χ3v) is 5.38. The number of aliphatic carboxylic acids is 1. The Bertz CT molecular complexity index is 639. The Morgan fingerprint density at radius 2 is 1.73 bits per heavy atom. The van der Waals surface area contributed by atoms with E-state index in [0.29, 0.717) is 25.4 Å². The summed E-state index contributed by atoms with van der Waals surface area (Å²) in [7, 11) is 0. The number of nitrogens with one attached hydrogen (secondary N) is 1. The van der Waals surface area contributed by atoms with Crippen LogP contribution in [0.25, 0.3) is 0 Å². The largest absolute Gasteiger partial charge is 0.481 e. The van der Waals surface area contributed by atoms with Crippen LogP contribution < -0.4 is 5.32 Å². The van der Waals surface area contributed by atoms with Crippen LogP contribution in [0.1, 0.15) is 64.1 Å². The number of carboxylic acid groups (broad SMARTS) is 1. The van der Waals surface area contributed by atoms with Gasteiger partial charge in [0, 0.05) is 6.54 Å². The first-order valence-corrected chi connectivity index (χ1v) is 9.47. The van der Waals surface area contributed by atoms with Gasteiger partial charge in [0.25, 0.3) is 0 Å². The molecule has 0 aromatic heterocycles. The lowest BCUT2D eigenvalue weighted by molar-refractivity contribution is -0.147. The fourth-order valence-corrected chi connectivity index (χ4v) is 3.51. The number of rotatable bonds is 7. The van der Waals surface area contributed by atoms with Gasteiger partial charge in [-0.25, -0.2) is 0 Å². The van der Waals surface area contributed by atoms with Crippen molar-refractivity contribution in [3.63, 3.8) is 0 Å². The molecule has 2 unspecified atom stereocenters. The molecule has 0 radical (unpaired) electrons. The normalized spacial score (nSPS) is 22.0. The van der Waals surface area contributed by atoms with Crippen molar-refractivity contribution >= 4 is 11.9 Å². The SMILES string of the molecule is CC(C)c1ccc(C(NC(=O)CN2CCC(C)(C(=O)O)C2)C(C)C)cc1. The number of carboxylic acids is 1. The molecule has 1 aliphatic heterocycles. The van der Waals surface area contributed by atoms with E-state index in [2.05, 4.69) is 57.3 Å². The van der Waals surface area contributed by atoms with Gasteiger partial charge in [-0.15, -0.1) is 0 Å². The van der Waals surface area contributed by atoms with Crippen LogP contribution >= 0.6 is 0 Å². The average molecular weight is 360 g/mol. The monoisotopic (exact) mass is 360 g/mol. The van der Waals surface area contributed by atoms with Crippen molar-refractivity contribution in [2.45, 2.75) is 53.0 Å². The smallest absolute Gasteiger partial charge is 0.310 e. The molecule has 144 valence electrons. The minimum absolute atomic E-state index is 0.0443. The summed E-state index contributed by atoms with van der Waals surface area (Å²) in [5, 5.41) is 12.5. The van der Waals surface area contributed by atoms with E-state index in [0.717, 1.165) is 5.56 Å². The summed E-state index contributed by atoms with van der Waals surface area (Å²) in [5.41, 5.74) is 1.65. The Balaban J connectivity index is 1.99. The summed E-state index contributed by atoms with van der Waals surface area (Å²) in [4.78, 5) is 25.8. The van der Waals surface area contributed by atoms with Crippen LogP contribution in [0.5, 0.6) is 0 Å². The van der Waals surface area contributed by atoms with Gasteiger partial charge in [-0.2, -0.15) is 0 Å². The van der Waals surface area contributed by atoms with E-state index >= 15 is 0 Å². The van der Waals surface area contributed by atoms with Gasteiger partial charge in [0.2, 0.25) is 5.91 Å². The second-order valence-corrected chi connectivity index (χ2v) is 8.44. The van der Waals surface area contributed by atoms with Crippen molar-refractivity contribution in [3.05, 3.63) is 35.4 Å². The van der Waals surface area contributed by atoms with Gasteiger partial charge in [-0.3, -0.25) is 14.5 Å². The van der Waals surface area contributed by atoms with Gasteiger partial charge in [-0.05, 0) is 42.9 Å². The lowest BCUT2D eigenvalue weighted by Crippen LogP contribution is -2.40. The van der Waals surface area contributed by atoms with Crippen molar-refractivity contribution < 1.29 is 14.7 Å². The van der Waals surface area contributed by atoms with E-state index in [-0.39, 0.29) is 24.4 Å². The molecule has 1 saturated heterocycles. The Hall–Kier alpha value is -1.88. The lowest BCUT2D eigenvalue weighted by atomic mass is 9.90. The van der Waals surface area contributed by atoms with Gasteiger partial charge in [0.05, 0.1) is 18.0 Å². The molecule has 1 fully saturated rings. The Kier molecular flexibility index (Phi) is 6.45. The minimum Gasteiger partial charge on any atom is -0.481 e. The maximum Gasteiger partial charge on any atom is 0.310 e. The summed E-state index contributed by atoms with van der Waals surface area (Å²) in [6, 6.07) is 8.40. The van der Waals surface area contributed by atoms with E-state index in [1.165, 1.54) is 5.56 Å². The standard InChI is InChI=1S/C21H32N2O3/c1-14(2)16-6-8-17(9-7-16)19(15(3)4)22-18(24)12-23-11-10-21(5,13-23)20(25)26/h6-9,14-15,19H,10-13H2,1-5H3,(H,22,24)(H,25,26). The molecule has 0 bridgehead atoms. The first-order valence-electron chi connectivity index (χ1n) is 9.47. The number of likely N-dealkylation sites (tertiary alicyclic amines) is 1. The number of hydrogen-bond donors (Lipinski definition) is 2. The molecule has 1 aromatic rings. The highest BCUT2D eigenvalue weighted by Crippen LogP contribution is 2.30. The van der Waals surface area contributed by atoms with E-state index in [9.17, 15) is 14.7 Å². The summed E-state index contributed by atoms with van der Waals surface area (Å²) < 4.78 is 0. The average Bonchev–Trinajstić information content (AvgIpc) is 2.95. The summed E-state index contributed by atoms with van der Waals surface area (Å²) in [5.74, 6) is -0.0847. The van der Waals surface area contributed by atoms with Gasteiger partial charge >= 0.3 is 5.97 Å². The van der Waals surface area contributed by atoms with Crippen LogP contribution in [0.15, 0.2) is 24.3 Å². The van der Waals surface area contributed by atoms with Gasteiger partial charge in [0.15, 0.2) is 0 Å². The highest BCUT2D eigenvalue weighted by atomic mass is 16.4. The third kappa shape index (κ3) is 4.85. The van der Waals surface area contributed by atoms with Crippen LogP contribution in [0.3, 0.4) is 0 Å². The lowest BCUT2D eigenvalue weighted by Gasteiger charge is -2.25. The topological polar surface area (TPSA) is 69.6 Å². The van der Waals surface area contributed by atoms with Gasteiger partial charge in [0.1, 0.15) is 0 Å². The first kappa shape index (κ1) is 20.4. The predicted octanol–water partition coefficient (Wildman–Crippen LogP) is 3.42. The molecular formula is C21H32N2O3. The van der Waals surface area contributed by atoms with E-state index in [4.69, 9.17) is 0 Å². The zero-order valence-electron chi connectivity index (χ0n) is 16.6. The number of carbonyl (C=O) groups excluding carboxylic acids is 1. The van der Waals surface area contributed by atoms with Crippen LogP contribution in [-0.4, -0.2) is 41.5 Å². The Labute approximate surface area is 156 Å². The highest BCUT2D eigenvalue weighted by Gasteiger charge is 2.40. The molecule has 2 N–H and O–H groups in total. The third-order valence-electron chi connectivity index (χ3n) is 5.38. The molecule has 5 nitrogen and oxygen atoms in total. The van der Waals surface area contributed by atoms with Crippen molar-refractivity contribution in [1.29, 1.82) is 0 Å². The summed E-state index contributed by atoms with van der Waals surface area (Å²) in [6.07, 6.45) is 0.583. The second kappa shape index (κ2) is 8.21. The molecule has 1 heterocycles. The summed E-state index contributed by atoms with van der Waals surface area (Å²) >= 11 is 0. The second-order valence-electron chi connectivity index (χ2n) is 8.44. The maximum atomic E-state index is 12.5. The molecular weight excluding hydrogens is 328 g/mol. The van der Waals surface area contributed by atoms with Crippen LogP contribution in [0, 0.1) is 11.3 Å². The van der Waals surface area contributed by atoms with E-state index in [1.54, 1.807) is 6.92 Å². The van der Waals surface area contributed by atoms with Crippen molar-refractivity contribution in [1.82, 2.24) is 10.2 Å². The molecule has 1 aliphatic rings. The van der Waals surface area contributed by atoms with Crippen LogP contribution in [0.2, 0.25) is 0 Å². The number of benzene rings is 1. The molecule has 0 saturated carbocycles. The molecule has 2 rings (SSSR count). The fourth-order valence-electron chi connectivity index (χ4n) is 3.51. The van der Waals surface area contributed by atoms with Gasteiger partial charge < -0.3 is 10.4 Å². The molecule has 26 heavy (non-hydrogen) atoms. The Morgan fingerprint density at radius 1 is 1.15 bits per heavy atom. The number of amides is 1. The molecule has 0 aliphatic carbocycles. The van der Waals surface area contributed by atoms with Crippen molar-refractivity contribution in [2.24, 2.45) is 11.3 Å². The number of hydrogen-bond acceptors (Lipinski definition) is 3. The zero-order chi connectivity index (χ0) is 19.5. The maximum absolute atomic E-state index is 12.5. The number of nitrogens with zero attached hydrogens (tertiary/aromatic N) is 1. The fraction of sp³-hybridized carbons (Fsp3) is 0.619. The predicted molar refractivity (Wildman–Crippen MR) is 103 cm³/mol. The minimum atomic E-state index is -0.786. The van der Waals surface area contributed by atoms with E-state index in [1.807, 2.05) is 4.90 Å².